The number of hydrogen-bond donors (Lipinski definition) is 2. The minimum atomic E-state index is 0.322. The van der Waals surface area contributed by atoms with Gasteiger partial charge in [0.25, 0.3) is 0 Å². The highest BCUT2D eigenvalue weighted by atomic mass is 16.1. The Morgan fingerprint density at radius 2 is 1.19 bits per heavy atom. The van der Waals surface area contributed by atoms with E-state index in [0.717, 1.165) is 62.8 Å². The van der Waals surface area contributed by atoms with Crippen LogP contribution in [0.15, 0.2) is 23.5 Å². The molecule has 0 radical (unpaired) electrons. The van der Waals surface area contributed by atoms with E-state index in [9.17, 15) is 9.59 Å². The van der Waals surface area contributed by atoms with Gasteiger partial charge in [-0.3, -0.25) is 9.59 Å². The highest BCUT2D eigenvalue weighted by Crippen LogP contribution is 2.25. The van der Waals surface area contributed by atoms with Crippen LogP contribution in [-0.4, -0.2) is 24.7 Å². The molecule has 4 heteroatoms. The lowest BCUT2D eigenvalue weighted by Crippen LogP contribution is -2.19. The average Bonchev–Trinajstić information content (AvgIpc) is 2.59. The summed E-state index contributed by atoms with van der Waals surface area (Å²) < 4.78 is 0. The minimum absolute atomic E-state index is 0.322. The normalized spacial score (nSPS) is 27.2. The molecule has 146 valence electrons. The van der Waals surface area contributed by atoms with Gasteiger partial charge in [-0.2, -0.15) is 0 Å². The van der Waals surface area contributed by atoms with Crippen molar-refractivity contribution in [3.05, 3.63) is 23.5 Å². The van der Waals surface area contributed by atoms with Crippen LogP contribution in [0.25, 0.3) is 0 Å². The van der Waals surface area contributed by atoms with Gasteiger partial charge in [0.15, 0.2) is 11.6 Å². The van der Waals surface area contributed by atoms with E-state index in [-0.39, 0.29) is 0 Å². The Morgan fingerprint density at radius 3 is 1.58 bits per heavy atom. The first kappa shape index (κ1) is 20.7. The van der Waals surface area contributed by atoms with Gasteiger partial charge in [0.05, 0.1) is 0 Å². The molecule has 0 aliphatic heterocycles. The van der Waals surface area contributed by atoms with Gasteiger partial charge < -0.3 is 10.6 Å². The average molecular weight is 361 g/mol. The Hall–Kier alpha value is -1.58. The van der Waals surface area contributed by atoms with E-state index in [0.29, 0.717) is 36.2 Å². The summed E-state index contributed by atoms with van der Waals surface area (Å²) in [7, 11) is 0. The van der Waals surface area contributed by atoms with Crippen molar-refractivity contribution in [3.8, 4) is 0 Å². The zero-order valence-corrected chi connectivity index (χ0v) is 16.6. The van der Waals surface area contributed by atoms with E-state index in [4.69, 9.17) is 0 Å². The highest BCUT2D eigenvalue weighted by Gasteiger charge is 2.20. The van der Waals surface area contributed by atoms with Crippen LogP contribution in [0.2, 0.25) is 0 Å². The van der Waals surface area contributed by atoms with Crippen molar-refractivity contribution in [2.75, 3.05) is 13.1 Å². The topological polar surface area (TPSA) is 58.2 Å². The molecule has 0 unspecified atom stereocenters. The molecular weight excluding hydrogens is 324 g/mol. The first-order chi connectivity index (χ1) is 12.6. The number of carbonyl (C=O) groups is 2. The maximum Gasteiger partial charge on any atom is 0.160 e. The van der Waals surface area contributed by atoms with Crippen LogP contribution in [0.4, 0.5) is 0 Å². The van der Waals surface area contributed by atoms with E-state index >= 15 is 0 Å². The molecule has 0 saturated heterocycles. The molecular formula is C22H36N2O2. The number of carbonyl (C=O) groups excluding carboxylic acids is 2. The summed E-state index contributed by atoms with van der Waals surface area (Å²) in [6.07, 6.45) is 14.1. The van der Waals surface area contributed by atoms with Gasteiger partial charge in [-0.15, -0.1) is 0 Å². The summed E-state index contributed by atoms with van der Waals surface area (Å²) >= 11 is 0. The van der Waals surface area contributed by atoms with E-state index in [1.54, 1.807) is 0 Å². The Bertz CT molecular complexity index is 488. The number of rotatable bonds is 9. The molecule has 4 nitrogen and oxygen atoms in total. The Labute approximate surface area is 158 Å². The summed E-state index contributed by atoms with van der Waals surface area (Å²) in [6.45, 7) is 6.19. The van der Waals surface area contributed by atoms with Gasteiger partial charge in [0.2, 0.25) is 0 Å². The van der Waals surface area contributed by atoms with Crippen LogP contribution in [0.5, 0.6) is 0 Å². The molecule has 2 saturated carbocycles. The fourth-order valence-corrected chi connectivity index (χ4v) is 3.69. The second-order valence-electron chi connectivity index (χ2n) is 8.20. The van der Waals surface area contributed by atoms with Gasteiger partial charge >= 0.3 is 0 Å². The maximum atomic E-state index is 11.9. The molecule has 2 N–H and O–H groups in total. The van der Waals surface area contributed by atoms with E-state index < -0.39 is 0 Å². The predicted molar refractivity (Wildman–Crippen MR) is 107 cm³/mol. The fraction of sp³-hybridized carbons (Fsp3) is 0.727. The van der Waals surface area contributed by atoms with Crippen molar-refractivity contribution in [3.63, 3.8) is 0 Å². The molecule has 0 aromatic carbocycles. The summed E-state index contributed by atoms with van der Waals surface area (Å²) in [5.74, 6) is 1.73. The molecule has 2 rings (SSSR count). The zero-order chi connectivity index (χ0) is 18.8. The van der Waals surface area contributed by atoms with Crippen LogP contribution in [0, 0.1) is 11.8 Å². The number of allylic oxidation sites excluding steroid dienone is 2. The molecule has 0 heterocycles. The standard InChI is InChI=1S/C22H36N2O2/c1-17-7-9-19(21(25)13-17)15-23-11-5-3-4-6-12-24-16-20-10-8-18(2)14-22(20)26/h15-18,23-24H,3-14H2,1-2H3/b19-15-,20-16+/t17-,18+/m0/s1. The number of hydrogen-bond acceptors (Lipinski definition) is 4. The molecule has 0 aromatic rings. The van der Waals surface area contributed by atoms with Gasteiger partial charge in [-0.25, -0.2) is 0 Å². The van der Waals surface area contributed by atoms with Crippen molar-refractivity contribution < 1.29 is 9.59 Å². The second-order valence-corrected chi connectivity index (χ2v) is 8.20. The van der Waals surface area contributed by atoms with Crippen LogP contribution in [0.3, 0.4) is 0 Å². The quantitative estimate of drug-likeness (QED) is 0.476. The lowest BCUT2D eigenvalue weighted by atomic mass is 9.86. The van der Waals surface area contributed by atoms with Crippen molar-refractivity contribution in [2.24, 2.45) is 11.8 Å². The third kappa shape index (κ3) is 7.35. The molecule has 2 aliphatic rings. The molecule has 2 aliphatic carbocycles. The third-order valence-electron chi connectivity index (χ3n) is 5.54. The van der Waals surface area contributed by atoms with Crippen LogP contribution in [0.1, 0.15) is 78.1 Å². The van der Waals surface area contributed by atoms with Crippen LogP contribution >= 0.6 is 0 Å². The van der Waals surface area contributed by atoms with Gasteiger partial charge in [-0.05, 0) is 50.4 Å². The van der Waals surface area contributed by atoms with E-state index in [1.807, 2.05) is 12.4 Å². The van der Waals surface area contributed by atoms with Crippen molar-refractivity contribution in [1.82, 2.24) is 10.6 Å². The Kier molecular flexibility index (Phi) is 8.93. The lowest BCUT2D eigenvalue weighted by Gasteiger charge is -2.19. The molecule has 0 bridgehead atoms. The van der Waals surface area contributed by atoms with Crippen molar-refractivity contribution >= 4 is 11.6 Å². The smallest absolute Gasteiger partial charge is 0.160 e. The van der Waals surface area contributed by atoms with Crippen LogP contribution < -0.4 is 10.6 Å². The first-order valence-corrected chi connectivity index (χ1v) is 10.5. The summed E-state index contributed by atoms with van der Waals surface area (Å²) in [4.78, 5) is 23.8. The third-order valence-corrected chi connectivity index (χ3v) is 5.54. The maximum absolute atomic E-state index is 11.9. The van der Waals surface area contributed by atoms with Gasteiger partial charge in [0.1, 0.15) is 0 Å². The summed E-state index contributed by atoms with van der Waals surface area (Å²) in [5.41, 5.74) is 1.96. The van der Waals surface area contributed by atoms with Crippen molar-refractivity contribution in [2.45, 2.75) is 78.1 Å². The monoisotopic (exact) mass is 360 g/mol. The minimum Gasteiger partial charge on any atom is -0.391 e. The fourth-order valence-electron chi connectivity index (χ4n) is 3.69. The number of ketones is 2. The SMILES string of the molecule is C[C@@H]1CC/C(=C\NCCCCCCN/C=C2/CC[C@H](C)CC2=O)C(=O)C1. The Morgan fingerprint density at radius 1 is 0.769 bits per heavy atom. The molecule has 0 spiro atoms. The first-order valence-electron chi connectivity index (χ1n) is 10.5. The Balaban J connectivity index is 1.46. The summed E-state index contributed by atoms with van der Waals surface area (Å²) in [5, 5.41) is 6.62. The zero-order valence-electron chi connectivity index (χ0n) is 16.6. The van der Waals surface area contributed by atoms with E-state index in [1.165, 1.54) is 12.8 Å². The number of Topliss-reactive ketones (excluding diaryl/α,β-unsaturated/α-hetero) is 2. The molecule has 0 amide bonds. The number of nitrogens with one attached hydrogen (secondary N) is 2. The molecule has 0 aromatic heterocycles. The molecule has 26 heavy (non-hydrogen) atoms. The van der Waals surface area contributed by atoms with E-state index in [2.05, 4.69) is 24.5 Å². The largest absolute Gasteiger partial charge is 0.391 e. The predicted octanol–water partition coefficient (Wildman–Crippen LogP) is 4.27. The number of unbranched alkanes of at least 4 members (excludes halogenated alkanes) is 3. The van der Waals surface area contributed by atoms with Gasteiger partial charge in [0, 0.05) is 49.5 Å². The molecule has 2 fully saturated rings. The highest BCUT2D eigenvalue weighted by molar-refractivity contribution is 5.96. The van der Waals surface area contributed by atoms with Crippen molar-refractivity contribution in [1.29, 1.82) is 0 Å². The van der Waals surface area contributed by atoms with Crippen LogP contribution in [-0.2, 0) is 9.59 Å². The molecule has 2 atom stereocenters. The summed E-state index contributed by atoms with van der Waals surface area (Å²) in [6, 6.07) is 0. The second kappa shape index (κ2) is 11.2. The van der Waals surface area contributed by atoms with Gasteiger partial charge in [-0.1, -0.05) is 26.7 Å². The lowest BCUT2D eigenvalue weighted by molar-refractivity contribution is -0.118.